The maximum atomic E-state index is 13.2. The second kappa shape index (κ2) is 5.49. The average molecular weight is 317 g/mol. The predicted molar refractivity (Wildman–Crippen MR) is 69.6 cm³/mol. The molecule has 3 rings (SSSR count). The van der Waals surface area contributed by atoms with Crippen LogP contribution in [0.25, 0.3) is 0 Å². The number of pyridine rings is 1. The van der Waals surface area contributed by atoms with Crippen molar-refractivity contribution in [1.29, 1.82) is 0 Å². The molecule has 0 radical (unpaired) electrons. The van der Waals surface area contributed by atoms with E-state index in [-0.39, 0.29) is 6.04 Å². The van der Waals surface area contributed by atoms with Gasteiger partial charge in [0.2, 0.25) is 0 Å². The average Bonchev–Trinajstić information content (AvgIpc) is 2.77. The molecule has 22 heavy (non-hydrogen) atoms. The minimum atomic E-state index is -4.92. The monoisotopic (exact) mass is 317 g/mol. The highest BCUT2D eigenvalue weighted by Gasteiger charge is 2.37. The van der Waals surface area contributed by atoms with E-state index in [1.807, 2.05) is 0 Å². The first kappa shape index (κ1) is 15.2. The highest BCUT2D eigenvalue weighted by molar-refractivity contribution is 5.92. The van der Waals surface area contributed by atoms with E-state index < -0.39 is 29.3 Å². The van der Waals surface area contributed by atoms with Crippen molar-refractivity contribution in [2.45, 2.75) is 25.1 Å². The lowest BCUT2D eigenvalue weighted by atomic mass is 9.97. The molecule has 0 spiro atoms. The molecule has 1 aromatic rings. The van der Waals surface area contributed by atoms with Crippen LogP contribution in [0.1, 0.15) is 29.0 Å². The Bertz CT molecular complexity index is 578. The Hall–Kier alpha value is -1.70. The normalized spacial score (nSPS) is 27.7. The lowest BCUT2D eigenvalue weighted by Crippen LogP contribution is -2.47. The standard InChI is InChI=1S/C14H15F4N3O/c15-10-1-2-11(20-12(10)14(16,17)18)13(22)19-9-5-8-3-4-21(6-8)7-9/h1-2,8-9H,3-7H2,(H,19,22)/t8-,9+/m0/s1. The summed E-state index contributed by atoms with van der Waals surface area (Å²) in [6.07, 6.45) is -3.02. The molecule has 2 bridgehead atoms. The van der Waals surface area contributed by atoms with E-state index in [1.54, 1.807) is 0 Å². The quantitative estimate of drug-likeness (QED) is 0.849. The number of amides is 1. The SMILES string of the molecule is O=C(N[C@@H]1C[C@@H]2CCN(C2)C1)c1ccc(F)c(C(F)(F)F)n1. The van der Waals surface area contributed by atoms with Crippen molar-refractivity contribution in [1.82, 2.24) is 15.2 Å². The lowest BCUT2D eigenvalue weighted by Gasteiger charge is -2.30. The van der Waals surface area contributed by atoms with Crippen LogP contribution in [0, 0.1) is 11.7 Å². The summed E-state index contributed by atoms with van der Waals surface area (Å²) in [5.74, 6) is -1.66. The summed E-state index contributed by atoms with van der Waals surface area (Å²) < 4.78 is 51.0. The van der Waals surface area contributed by atoms with E-state index in [0.717, 1.165) is 32.0 Å². The number of piperidine rings is 1. The summed E-state index contributed by atoms with van der Waals surface area (Å²) in [5, 5.41) is 2.70. The van der Waals surface area contributed by atoms with Gasteiger partial charge in [-0.15, -0.1) is 0 Å². The second-order valence-corrected chi connectivity index (χ2v) is 5.85. The number of aromatic nitrogens is 1. The fourth-order valence-corrected chi connectivity index (χ4v) is 3.19. The molecule has 2 aliphatic rings. The van der Waals surface area contributed by atoms with E-state index in [0.29, 0.717) is 18.5 Å². The number of halogens is 4. The Morgan fingerprint density at radius 1 is 1.32 bits per heavy atom. The highest BCUT2D eigenvalue weighted by atomic mass is 19.4. The molecule has 1 unspecified atom stereocenters. The number of alkyl halides is 3. The molecular formula is C14H15F4N3O. The molecule has 0 aliphatic carbocycles. The van der Waals surface area contributed by atoms with Gasteiger partial charge in [-0.2, -0.15) is 13.2 Å². The molecule has 0 aromatic carbocycles. The lowest BCUT2D eigenvalue weighted by molar-refractivity contribution is -0.143. The second-order valence-electron chi connectivity index (χ2n) is 5.85. The van der Waals surface area contributed by atoms with Gasteiger partial charge in [-0.05, 0) is 37.4 Å². The number of fused-ring (bicyclic) bond motifs is 2. The van der Waals surface area contributed by atoms with Crippen molar-refractivity contribution in [2.75, 3.05) is 19.6 Å². The minimum Gasteiger partial charge on any atom is -0.347 e. The van der Waals surface area contributed by atoms with Crippen LogP contribution in [0.4, 0.5) is 17.6 Å². The summed E-state index contributed by atoms with van der Waals surface area (Å²) >= 11 is 0. The van der Waals surface area contributed by atoms with Crippen LogP contribution in [0.2, 0.25) is 0 Å². The summed E-state index contributed by atoms with van der Waals surface area (Å²) in [4.78, 5) is 17.4. The van der Waals surface area contributed by atoms with Gasteiger partial charge >= 0.3 is 6.18 Å². The Labute approximate surface area is 124 Å². The van der Waals surface area contributed by atoms with E-state index >= 15 is 0 Å². The number of hydrogen-bond donors (Lipinski definition) is 1. The fourth-order valence-electron chi connectivity index (χ4n) is 3.19. The van der Waals surface area contributed by atoms with Gasteiger partial charge in [0, 0.05) is 19.1 Å². The van der Waals surface area contributed by atoms with Gasteiger partial charge in [-0.1, -0.05) is 0 Å². The van der Waals surface area contributed by atoms with E-state index in [1.165, 1.54) is 0 Å². The van der Waals surface area contributed by atoms with Crippen LogP contribution in [0.15, 0.2) is 12.1 Å². The topological polar surface area (TPSA) is 45.2 Å². The van der Waals surface area contributed by atoms with Crippen LogP contribution in [-0.4, -0.2) is 41.5 Å². The number of carbonyl (C=O) groups is 1. The van der Waals surface area contributed by atoms with Crippen molar-refractivity contribution < 1.29 is 22.4 Å². The predicted octanol–water partition coefficient (Wildman–Crippen LogP) is 2.06. The molecule has 2 saturated heterocycles. The van der Waals surface area contributed by atoms with Gasteiger partial charge < -0.3 is 10.2 Å². The Balaban J connectivity index is 1.72. The van der Waals surface area contributed by atoms with Crippen LogP contribution in [-0.2, 0) is 6.18 Å². The smallest absolute Gasteiger partial charge is 0.347 e. The zero-order valence-corrected chi connectivity index (χ0v) is 11.7. The van der Waals surface area contributed by atoms with E-state index in [4.69, 9.17) is 0 Å². The van der Waals surface area contributed by atoms with Gasteiger partial charge in [-0.25, -0.2) is 9.37 Å². The molecule has 8 heteroatoms. The fraction of sp³-hybridized carbons (Fsp3) is 0.571. The number of carbonyl (C=O) groups excluding carboxylic acids is 1. The van der Waals surface area contributed by atoms with Crippen molar-refractivity contribution in [3.8, 4) is 0 Å². The number of rotatable bonds is 2. The van der Waals surface area contributed by atoms with Crippen molar-refractivity contribution >= 4 is 5.91 Å². The van der Waals surface area contributed by atoms with Crippen LogP contribution >= 0.6 is 0 Å². The molecule has 1 amide bonds. The molecule has 1 aromatic heterocycles. The summed E-state index contributed by atoms with van der Waals surface area (Å²) in [7, 11) is 0. The Morgan fingerprint density at radius 3 is 2.77 bits per heavy atom. The van der Waals surface area contributed by atoms with Gasteiger partial charge in [0.05, 0.1) is 0 Å². The zero-order valence-electron chi connectivity index (χ0n) is 11.7. The van der Waals surface area contributed by atoms with Gasteiger partial charge in [0.15, 0.2) is 11.5 Å². The summed E-state index contributed by atoms with van der Waals surface area (Å²) in [6.45, 7) is 2.69. The molecule has 2 aliphatic heterocycles. The highest BCUT2D eigenvalue weighted by Crippen LogP contribution is 2.30. The molecular weight excluding hydrogens is 302 g/mol. The summed E-state index contributed by atoms with van der Waals surface area (Å²) in [5.41, 5.74) is -2.07. The molecule has 4 nitrogen and oxygen atoms in total. The Kier molecular flexibility index (Phi) is 3.80. The van der Waals surface area contributed by atoms with Crippen molar-refractivity contribution in [3.63, 3.8) is 0 Å². The number of hydrogen-bond acceptors (Lipinski definition) is 3. The minimum absolute atomic E-state index is 0.102. The third kappa shape index (κ3) is 3.06. The maximum absolute atomic E-state index is 13.2. The van der Waals surface area contributed by atoms with Crippen LogP contribution < -0.4 is 5.32 Å². The molecule has 3 heterocycles. The van der Waals surface area contributed by atoms with Gasteiger partial charge in [0.1, 0.15) is 5.69 Å². The Morgan fingerprint density at radius 2 is 2.09 bits per heavy atom. The molecule has 2 fully saturated rings. The number of nitrogens with zero attached hydrogens (tertiary/aromatic N) is 2. The molecule has 1 N–H and O–H groups in total. The zero-order chi connectivity index (χ0) is 15.9. The largest absolute Gasteiger partial charge is 0.436 e. The van der Waals surface area contributed by atoms with Crippen molar-refractivity contribution in [2.24, 2.45) is 5.92 Å². The third-order valence-corrected chi connectivity index (χ3v) is 4.15. The maximum Gasteiger partial charge on any atom is 0.436 e. The van der Waals surface area contributed by atoms with E-state index in [9.17, 15) is 22.4 Å². The first-order valence-electron chi connectivity index (χ1n) is 7.10. The molecule has 120 valence electrons. The molecule has 0 saturated carbocycles. The van der Waals surface area contributed by atoms with Crippen LogP contribution in [0.3, 0.4) is 0 Å². The van der Waals surface area contributed by atoms with Gasteiger partial charge in [0.25, 0.3) is 5.91 Å². The van der Waals surface area contributed by atoms with Crippen LogP contribution in [0.5, 0.6) is 0 Å². The summed E-state index contributed by atoms with van der Waals surface area (Å²) in [6, 6.07) is 1.49. The number of nitrogens with one attached hydrogen (secondary N) is 1. The van der Waals surface area contributed by atoms with E-state index in [2.05, 4.69) is 15.2 Å². The van der Waals surface area contributed by atoms with Gasteiger partial charge in [-0.3, -0.25) is 4.79 Å². The first-order chi connectivity index (χ1) is 10.3. The molecule has 3 atom stereocenters. The first-order valence-corrected chi connectivity index (χ1v) is 7.10. The van der Waals surface area contributed by atoms with Crippen molar-refractivity contribution in [3.05, 3.63) is 29.3 Å². The third-order valence-electron chi connectivity index (χ3n) is 4.15.